The molecule has 0 radical (unpaired) electrons. The van der Waals surface area contributed by atoms with Crippen molar-refractivity contribution in [1.82, 2.24) is 9.55 Å². The van der Waals surface area contributed by atoms with Crippen LogP contribution >= 0.6 is 0 Å². The van der Waals surface area contributed by atoms with Crippen molar-refractivity contribution in [2.24, 2.45) is 5.92 Å². The van der Waals surface area contributed by atoms with Crippen molar-refractivity contribution in [3.8, 4) is 0 Å². The van der Waals surface area contributed by atoms with E-state index in [9.17, 15) is 4.79 Å². The van der Waals surface area contributed by atoms with Crippen LogP contribution in [0.5, 0.6) is 0 Å². The molecule has 1 heterocycles. The van der Waals surface area contributed by atoms with Crippen LogP contribution in [0, 0.1) is 5.92 Å². The van der Waals surface area contributed by atoms with Gasteiger partial charge in [-0.05, 0) is 12.8 Å². The largest absolute Gasteiger partial charge is 0.481 e. The fourth-order valence-corrected chi connectivity index (χ4v) is 1.86. The number of carboxylic acids is 1. The molecule has 0 saturated heterocycles. The first kappa shape index (κ1) is 9.24. The number of hydrogen-bond acceptors (Lipinski definition) is 2. The van der Waals surface area contributed by atoms with Gasteiger partial charge in [-0.2, -0.15) is 0 Å². The summed E-state index contributed by atoms with van der Waals surface area (Å²) < 4.78 is 2.06. The lowest BCUT2D eigenvalue weighted by atomic mass is 10.2. The second-order valence-corrected chi connectivity index (χ2v) is 3.80. The van der Waals surface area contributed by atoms with Crippen LogP contribution in [0.3, 0.4) is 0 Å². The Morgan fingerprint density at radius 2 is 2.57 bits per heavy atom. The molecule has 1 aliphatic rings. The Hall–Kier alpha value is -1.32. The molecule has 1 aromatic heterocycles. The SMILES string of the molecule is CCCn1cncc1C1CC1C(=O)O. The van der Waals surface area contributed by atoms with Gasteiger partial charge in [0.05, 0.1) is 12.2 Å². The molecule has 1 aliphatic carbocycles. The number of carbonyl (C=O) groups is 1. The molecule has 0 aliphatic heterocycles. The molecule has 4 heteroatoms. The van der Waals surface area contributed by atoms with Gasteiger partial charge in [0.1, 0.15) is 0 Å². The molecular formula is C10H14N2O2. The van der Waals surface area contributed by atoms with Gasteiger partial charge in [0.25, 0.3) is 0 Å². The van der Waals surface area contributed by atoms with Crippen molar-refractivity contribution >= 4 is 5.97 Å². The van der Waals surface area contributed by atoms with Crippen LogP contribution in [0.1, 0.15) is 31.4 Å². The maximum atomic E-state index is 10.7. The summed E-state index contributed by atoms with van der Waals surface area (Å²) in [5.74, 6) is -0.664. The smallest absolute Gasteiger partial charge is 0.307 e. The Morgan fingerprint density at radius 1 is 1.79 bits per heavy atom. The minimum atomic E-state index is -0.681. The second kappa shape index (κ2) is 3.44. The number of aryl methyl sites for hydroxylation is 1. The Labute approximate surface area is 82.6 Å². The molecule has 1 fully saturated rings. The van der Waals surface area contributed by atoms with E-state index in [1.165, 1.54) is 0 Å². The average molecular weight is 194 g/mol. The first-order valence-electron chi connectivity index (χ1n) is 4.97. The molecule has 0 amide bonds. The molecule has 0 aromatic carbocycles. The number of aromatic nitrogens is 2. The van der Waals surface area contributed by atoms with Crippen LogP contribution in [0.2, 0.25) is 0 Å². The minimum absolute atomic E-state index is 0.178. The van der Waals surface area contributed by atoms with Crippen LogP contribution in [-0.2, 0) is 11.3 Å². The van der Waals surface area contributed by atoms with Gasteiger partial charge in [-0.15, -0.1) is 0 Å². The van der Waals surface area contributed by atoms with Gasteiger partial charge in [-0.1, -0.05) is 6.92 Å². The summed E-state index contributed by atoms with van der Waals surface area (Å²) in [6.45, 7) is 3.03. The molecule has 2 unspecified atom stereocenters. The standard InChI is InChI=1S/C10H14N2O2/c1-2-3-12-6-11-5-9(12)7-4-8(7)10(13)14/h5-8H,2-4H2,1H3,(H,13,14). The fourth-order valence-electron chi connectivity index (χ4n) is 1.86. The maximum absolute atomic E-state index is 10.7. The summed E-state index contributed by atoms with van der Waals surface area (Å²) in [7, 11) is 0. The number of imidazole rings is 1. The highest BCUT2D eigenvalue weighted by molar-refractivity contribution is 5.75. The fraction of sp³-hybridized carbons (Fsp3) is 0.600. The lowest BCUT2D eigenvalue weighted by molar-refractivity contribution is -0.138. The van der Waals surface area contributed by atoms with E-state index in [1.54, 1.807) is 12.5 Å². The van der Waals surface area contributed by atoms with Gasteiger partial charge in [-0.25, -0.2) is 4.98 Å². The van der Waals surface area contributed by atoms with Crippen molar-refractivity contribution in [1.29, 1.82) is 0 Å². The zero-order valence-electron chi connectivity index (χ0n) is 8.18. The first-order valence-corrected chi connectivity index (χ1v) is 4.97. The normalized spacial score (nSPS) is 24.9. The monoisotopic (exact) mass is 194 g/mol. The van der Waals surface area contributed by atoms with Crippen molar-refractivity contribution in [3.63, 3.8) is 0 Å². The van der Waals surface area contributed by atoms with Crippen molar-refractivity contribution in [2.75, 3.05) is 0 Å². The van der Waals surface area contributed by atoms with Crippen LogP contribution in [0.15, 0.2) is 12.5 Å². The Bertz CT molecular complexity index is 346. The summed E-state index contributed by atoms with van der Waals surface area (Å²) in [4.78, 5) is 14.8. The number of nitrogens with zero attached hydrogens (tertiary/aromatic N) is 2. The highest BCUT2D eigenvalue weighted by Crippen LogP contribution is 2.47. The highest BCUT2D eigenvalue weighted by Gasteiger charge is 2.45. The van der Waals surface area contributed by atoms with Crippen LogP contribution < -0.4 is 0 Å². The highest BCUT2D eigenvalue weighted by atomic mass is 16.4. The van der Waals surface area contributed by atoms with Gasteiger partial charge in [-0.3, -0.25) is 4.79 Å². The maximum Gasteiger partial charge on any atom is 0.307 e. The summed E-state index contributed by atoms with van der Waals surface area (Å²) in [5.41, 5.74) is 1.08. The van der Waals surface area contributed by atoms with Crippen molar-refractivity contribution < 1.29 is 9.90 Å². The quantitative estimate of drug-likeness (QED) is 0.789. The third-order valence-corrected chi connectivity index (χ3v) is 2.70. The van der Waals surface area contributed by atoms with E-state index in [-0.39, 0.29) is 11.8 Å². The molecule has 2 atom stereocenters. The summed E-state index contributed by atoms with van der Waals surface area (Å²) in [5, 5.41) is 8.81. The van der Waals surface area contributed by atoms with Crippen molar-refractivity contribution in [2.45, 2.75) is 32.2 Å². The molecule has 0 spiro atoms. The number of aliphatic carboxylic acids is 1. The van der Waals surface area contributed by atoms with Crippen LogP contribution in [-0.4, -0.2) is 20.6 Å². The Morgan fingerprint density at radius 3 is 3.14 bits per heavy atom. The van der Waals surface area contributed by atoms with E-state index < -0.39 is 5.97 Å². The van der Waals surface area contributed by atoms with Gasteiger partial charge < -0.3 is 9.67 Å². The molecule has 2 rings (SSSR count). The molecule has 4 nitrogen and oxygen atoms in total. The van der Waals surface area contributed by atoms with Gasteiger partial charge in [0.2, 0.25) is 0 Å². The molecule has 1 N–H and O–H groups in total. The minimum Gasteiger partial charge on any atom is -0.481 e. The Kier molecular flexibility index (Phi) is 2.27. The molecular weight excluding hydrogens is 180 g/mol. The average Bonchev–Trinajstić information content (AvgIpc) is 2.82. The number of carboxylic acid groups (broad SMARTS) is 1. The van der Waals surface area contributed by atoms with E-state index >= 15 is 0 Å². The van der Waals surface area contributed by atoms with E-state index in [1.807, 2.05) is 0 Å². The summed E-state index contributed by atoms with van der Waals surface area (Å²) >= 11 is 0. The Balaban J connectivity index is 2.10. The van der Waals surface area contributed by atoms with Crippen LogP contribution in [0.4, 0.5) is 0 Å². The zero-order chi connectivity index (χ0) is 10.1. The van der Waals surface area contributed by atoms with E-state index in [2.05, 4.69) is 16.5 Å². The third kappa shape index (κ3) is 1.52. The summed E-state index contributed by atoms with van der Waals surface area (Å²) in [6, 6.07) is 0. The van der Waals surface area contributed by atoms with E-state index in [4.69, 9.17) is 5.11 Å². The first-order chi connectivity index (χ1) is 6.74. The van der Waals surface area contributed by atoms with E-state index in [0.717, 1.165) is 25.1 Å². The van der Waals surface area contributed by atoms with Crippen molar-refractivity contribution in [3.05, 3.63) is 18.2 Å². The predicted molar refractivity (Wildman–Crippen MR) is 51.0 cm³/mol. The zero-order valence-corrected chi connectivity index (χ0v) is 8.18. The molecule has 1 aromatic rings. The lowest BCUT2D eigenvalue weighted by Gasteiger charge is -2.04. The van der Waals surface area contributed by atoms with Gasteiger partial charge in [0, 0.05) is 24.4 Å². The van der Waals surface area contributed by atoms with Crippen LogP contribution in [0.25, 0.3) is 0 Å². The second-order valence-electron chi connectivity index (χ2n) is 3.80. The third-order valence-electron chi connectivity index (χ3n) is 2.70. The molecule has 76 valence electrons. The summed E-state index contributed by atoms with van der Waals surface area (Å²) in [6.07, 6.45) is 5.40. The number of hydrogen-bond donors (Lipinski definition) is 1. The van der Waals surface area contributed by atoms with E-state index in [0.29, 0.717) is 0 Å². The number of rotatable bonds is 4. The van der Waals surface area contributed by atoms with Gasteiger partial charge in [0.15, 0.2) is 0 Å². The predicted octanol–water partition coefficient (Wildman–Crippen LogP) is 1.48. The molecule has 14 heavy (non-hydrogen) atoms. The topological polar surface area (TPSA) is 55.1 Å². The lowest BCUT2D eigenvalue weighted by Crippen LogP contribution is -2.04. The van der Waals surface area contributed by atoms with Gasteiger partial charge >= 0.3 is 5.97 Å². The molecule has 1 saturated carbocycles. The molecule has 0 bridgehead atoms.